The number of carbonyl (C=O) groups excluding carboxylic acids is 1. The number of hydrogen-bond acceptors (Lipinski definition) is 2. The first-order valence-electron chi connectivity index (χ1n) is 8.32. The molecule has 2 rings (SSSR count). The number of amides is 1. The number of thioether (sulfide) groups is 1. The molecule has 1 amide bonds. The highest BCUT2D eigenvalue weighted by Crippen LogP contribution is 2.20. The molecule has 0 atom stereocenters. The number of nitrogens with one attached hydrogen (secondary N) is 1. The summed E-state index contributed by atoms with van der Waals surface area (Å²) in [6, 6.07) is 14.3. The van der Waals surface area contributed by atoms with Crippen molar-refractivity contribution in [2.24, 2.45) is 0 Å². The Morgan fingerprint density at radius 2 is 1.83 bits per heavy atom. The van der Waals surface area contributed by atoms with Gasteiger partial charge in [0.25, 0.3) is 0 Å². The zero-order chi connectivity index (χ0) is 17.4. The van der Waals surface area contributed by atoms with E-state index in [1.807, 2.05) is 24.3 Å². The third-order valence-corrected chi connectivity index (χ3v) is 5.33. The van der Waals surface area contributed by atoms with Crippen molar-refractivity contribution in [3.63, 3.8) is 0 Å². The number of aryl methyl sites for hydroxylation is 2. The molecule has 1 N–H and O–H groups in total. The van der Waals surface area contributed by atoms with Crippen LogP contribution in [0, 0.1) is 0 Å². The highest BCUT2D eigenvalue weighted by atomic mass is 35.5. The van der Waals surface area contributed by atoms with Gasteiger partial charge < -0.3 is 5.32 Å². The van der Waals surface area contributed by atoms with Crippen LogP contribution in [0.1, 0.15) is 36.1 Å². The van der Waals surface area contributed by atoms with Gasteiger partial charge in [0.1, 0.15) is 0 Å². The minimum absolute atomic E-state index is 0.0657. The summed E-state index contributed by atoms with van der Waals surface area (Å²) in [4.78, 5) is 12.1. The first-order chi connectivity index (χ1) is 11.6. The van der Waals surface area contributed by atoms with Crippen LogP contribution in [0.3, 0.4) is 0 Å². The summed E-state index contributed by atoms with van der Waals surface area (Å²) in [6.45, 7) is 4.89. The predicted molar refractivity (Wildman–Crippen MR) is 105 cm³/mol. The van der Waals surface area contributed by atoms with Gasteiger partial charge in [-0.1, -0.05) is 61.8 Å². The maximum absolute atomic E-state index is 12.1. The van der Waals surface area contributed by atoms with Gasteiger partial charge >= 0.3 is 0 Å². The van der Waals surface area contributed by atoms with Crippen LogP contribution in [0.25, 0.3) is 0 Å². The van der Waals surface area contributed by atoms with E-state index < -0.39 is 0 Å². The molecular weight excluding hydrogens is 338 g/mol. The molecule has 0 radical (unpaired) electrons. The quantitative estimate of drug-likeness (QED) is 0.715. The molecule has 0 aliphatic rings. The van der Waals surface area contributed by atoms with E-state index in [0.717, 1.165) is 29.2 Å². The zero-order valence-corrected chi connectivity index (χ0v) is 15.8. The normalized spacial score (nSPS) is 10.6. The van der Waals surface area contributed by atoms with Crippen molar-refractivity contribution in [1.29, 1.82) is 0 Å². The number of rotatable bonds is 8. The molecular formula is C20H24ClNOS. The fourth-order valence-electron chi connectivity index (χ4n) is 2.52. The van der Waals surface area contributed by atoms with Crippen molar-refractivity contribution in [2.45, 2.75) is 39.0 Å². The largest absolute Gasteiger partial charge is 0.351 e. The van der Waals surface area contributed by atoms with Crippen molar-refractivity contribution in [3.8, 4) is 0 Å². The molecule has 0 aliphatic carbocycles. The fraction of sp³-hybridized carbons (Fsp3) is 0.350. The lowest BCUT2D eigenvalue weighted by atomic mass is 10.0. The molecule has 0 unspecified atom stereocenters. The molecule has 0 saturated carbocycles. The van der Waals surface area contributed by atoms with Crippen LogP contribution in [-0.4, -0.2) is 11.7 Å². The van der Waals surface area contributed by atoms with E-state index in [1.165, 1.54) is 16.7 Å². The lowest BCUT2D eigenvalue weighted by molar-refractivity contribution is -0.118. The van der Waals surface area contributed by atoms with E-state index in [1.54, 1.807) is 11.8 Å². The second-order valence-corrected chi connectivity index (χ2v) is 7.06. The Kier molecular flexibility index (Phi) is 7.67. The Bertz CT molecular complexity index is 687. The SMILES string of the molecule is CCc1ccc(CC)c(CNC(=O)CSCc2ccccc2Cl)c1. The molecule has 24 heavy (non-hydrogen) atoms. The van der Waals surface area contributed by atoms with Gasteiger partial charge in [-0.2, -0.15) is 0 Å². The van der Waals surface area contributed by atoms with Crippen molar-refractivity contribution >= 4 is 29.3 Å². The molecule has 128 valence electrons. The summed E-state index contributed by atoms with van der Waals surface area (Å²) in [6.07, 6.45) is 2.00. The average molecular weight is 362 g/mol. The summed E-state index contributed by atoms with van der Waals surface area (Å²) in [5.41, 5.74) is 4.91. The molecule has 0 heterocycles. The first-order valence-corrected chi connectivity index (χ1v) is 9.85. The van der Waals surface area contributed by atoms with E-state index in [0.29, 0.717) is 12.3 Å². The molecule has 2 nitrogen and oxygen atoms in total. The van der Waals surface area contributed by atoms with Gasteiger partial charge in [0, 0.05) is 17.3 Å². The minimum atomic E-state index is 0.0657. The van der Waals surface area contributed by atoms with E-state index in [2.05, 4.69) is 37.4 Å². The Hall–Kier alpha value is -1.45. The van der Waals surface area contributed by atoms with Gasteiger partial charge in [0.2, 0.25) is 5.91 Å². The maximum Gasteiger partial charge on any atom is 0.230 e. The van der Waals surface area contributed by atoms with Crippen molar-refractivity contribution in [2.75, 3.05) is 5.75 Å². The highest BCUT2D eigenvalue weighted by molar-refractivity contribution is 7.99. The average Bonchev–Trinajstić information content (AvgIpc) is 2.61. The van der Waals surface area contributed by atoms with Crippen LogP contribution >= 0.6 is 23.4 Å². The first kappa shape index (κ1) is 18.9. The van der Waals surface area contributed by atoms with Crippen molar-refractivity contribution in [3.05, 3.63) is 69.7 Å². The van der Waals surface area contributed by atoms with Crippen molar-refractivity contribution in [1.82, 2.24) is 5.32 Å². The fourth-order valence-corrected chi connectivity index (χ4v) is 3.67. The summed E-state index contributed by atoms with van der Waals surface area (Å²) in [5.74, 6) is 1.26. The molecule has 2 aromatic rings. The smallest absolute Gasteiger partial charge is 0.230 e. The number of hydrogen-bond donors (Lipinski definition) is 1. The predicted octanol–water partition coefficient (Wildman–Crippen LogP) is 5.01. The zero-order valence-electron chi connectivity index (χ0n) is 14.3. The Balaban J connectivity index is 1.82. The summed E-state index contributed by atoms with van der Waals surface area (Å²) in [7, 11) is 0. The highest BCUT2D eigenvalue weighted by Gasteiger charge is 2.07. The van der Waals surface area contributed by atoms with Gasteiger partial charge in [0.05, 0.1) is 5.75 Å². The van der Waals surface area contributed by atoms with Crippen LogP contribution in [0.4, 0.5) is 0 Å². The molecule has 0 saturated heterocycles. The van der Waals surface area contributed by atoms with Gasteiger partial charge in [0.15, 0.2) is 0 Å². The molecule has 0 bridgehead atoms. The number of benzene rings is 2. The van der Waals surface area contributed by atoms with E-state index in [9.17, 15) is 4.79 Å². The molecule has 0 aliphatic heterocycles. The van der Waals surface area contributed by atoms with Crippen molar-refractivity contribution < 1.29 is 4.79 Å². The van der Waals surface area contributed by atoms with Gasteiger partial charge in [-0.05, 0) is 41.2 Å². The Morgan fingerprint density at radius 1 is 1.04 bits per heavy atom. The summed E-state index contributed by atoms with van der Waals surface area (Å²) < 4.78 is 0. The van der Waals surface area contributed by atoms with Gasteiger partial charge in [-0.3, -0.25) is 4.79 Å². The number of carbonyl (C=O) groups is 1. The molecule has 4 heteroatoms. The third-order valence-electron chi connectivity index (χ3n) is 3.98. The minimum Gasteiger partial charge on any atom is -0.351 e. The maximum atomic E-state index is 12.1. The topological polar surface area (TPSA) is 29.1 Å². The summed E-state index contributed by atoms with van der Waals surface area (Å²) >= 11 is 7.71. The standard InChI is InChI=1S/C20H24ClNOS/c1-3-15-9-10-16(4-2)18(11-15)12-22-20(23)14-24-13-17-7-5-6-8-19(17)21/h5-11H,3-4,12-14H2,1-2H3,(H,22,23). The van der Waals surface area contributed by atoms with Gasteiger partial charge in [-0.25, -0.2) is 0 Å². The lowest BCUT2D eigenvalue weighted by Gasteiger charge is -2.11. The molecule has 0 spiro atoms. The van der Waals surface area contributed by atoms with E-state index >= 15 is 0 Å². The Morgan fingerprint density at radius 3 is 2.54 bits per heavy atom. The van der Waals surface area contributed by atoms with Crippen LogP contribution < -0.4 is 5.32 Å². The summed E-state index contributed by atoms with van der Waals surface area (Å²) in [5, 5.41) is 3.79. The van der Waals surface area contributed by atoms with Crippen LogP contribution in [0.15, 0.2) is 42.5 Å². The van der Waals surface area contributed by atoms with E-state index in [-0.39, 0.29) is 5.91 Å². The lowest BCUT2D eigenvalue weighted by Crippen LogP contribution is -2.25. The monoisotopic (exact) mass is 361 g/mol. The van der Waals surface area contributed by atoms with E-state index in [4.69, 9.17) is 11.6 Å². The van der Waals surface area contributed by atoms with Crippen LogP contribution in [0.5, 0.6) is 0 Å². The molecule has 2 aromatic carbocycles. The molecule has 0 fully saturated rings. The third kappa shape index (κ3) is 5.57. The van der Waals surface area contributed by atoms with Crippen LogP contribution in [0.2, 0.25) is 5.02 Å². The second kappa shape index (κ2) is 9.75. The molecule has 0 aromatic heterocycles. The number of halogens is 1. The van der Waals surface area contributed by atoms with Gasteiger partial charge in [-0.15, -0.1) is 11.8 Å². The Labute approximate surface area is 154 Å². The van der Waals surface area contributed by atoms with Crippen LogP contribution in [-0.2, 0) is 29.9 Å². The second-order valence-electron chi connectivity index (χ2n) is 5.67.